The van der Waals surface area contributed by atoms with Gasteiger partial charge >= 0.3 is 5.97 Å². The van der Waals surface area contributed by atoms with E-state index in [1.807, 2.05) is 0 Å². The average molecular weight is 229 g/mol. The lowest BCUT2D eigenvalue weighted by Crippen LogP contribution is -2.06. The minimum Gasteiger partial charge on any atom is -0.478 e. The summed E-state index contributed by atoms with van der Waals surface area (Å²) in [4.78, 5) is 10.7. The molecule has 0 aliphatic heterocycles. The van der Waals surface area contributed by atoms with Crippen LogP contribution in [0.25, 0.3) is 0 Å². The third-order valence-electron chi connectivity index (χ3n) is 1.78. The first-order valence-corrected chi connectivity index (χ1v) is 6.15. The molecule has 1 rings (SSSR count). The maximum atomic E-state index is 11.0. The van der Waals surface area contributed by atoms with E-state index in [0.717, 1.165) is 6.26 Å². The topological polar surface area (TPSA) is 97.5 Å². The van der Waals surface area contributed by atoms with Crippen LogP contribution in [0, 0.1) is 0 Å². The van der Waals surface area contributed by atoms with Gasteiger partial charge in [-0.25, -0.2) is 13.2 Å². The van der Waals surface area contributed by atoms with Crippen molar-refractivity contribution in [1.82, 2.24) is 0 Å². The highest BCUT2D eigenvalue weighted by molar-refractivity contribution is 7.89. The van der Waals surface area contributed by atoms with Gasteiger partial charge in [0, 0.05) is 11.9 Å². The van der Waals surface area contributed by atoms with Crippen LogP contribution in [0.15, 0.2) is 18.2 Å². The van der Waals surface area contributed by atoms with Crippen LogP contribution in [0.2, 0.25) is 0 Å². The van der Waals surface area contributed by atoms with Gasteiger partial charge in [0.25, 0.3) is 0 Å². The Hall–Kier alpha value is -1.56. The van der Waals surface area contributed by atoms with E-state index in [1.54, 1.807) is 0 Å². The number of rotatable bonds is 3. The number of benzene rings is 1. The van der Waals surface area contributed by atoms with Crippen LogP contribution in [0.5, 0.6) is 0 Å². The summed E-state index contributed by atoms with van der Waals surface area (Å²) in [5.41, 5.74) is 5.90. The van der Waals surface area contributed by atoms with Crippen LogP contribution in [0.3, 0.4) is 0 Å². The van der Waals surface area contributed by atoms with Gasteiger partial charge in [-0.1, -0.05) is 6.07 Å². The van der Waals surface area contributed by atoms with Gasteiger partial charge in [-0.15, -0.1) is 0 Å². The van der Waals surface area contributed by atoms with E-state index in [0.29, 0.717) is 5.56 Å². The lowest BCUT2D eigenvalue weighted by Gasteiger charge is -2.04. The van der Waals surface area contributed by atoms with Gasteiger partial charge < -0.3 is 10.8 Å². The summed E-state index contributed by atoms with van der Waals surface area (Å²) in [7, 11) is -3.17. The fourth-order valence-corrected chi connectivity index (χ4v) is 1.97. The number of carbonyl (C=O) groups is 1. The largest absolute Gasteiger partial charge is 0.478 e. The van der Waals surface area contributed by atoms with E-state index >= 15 is 0 Å². The van der Waals surface area contributed by atoms with Crippen LogP contribution in [0.1, 0.15) is 15.9 Å². The Labute approximate surface area is 87.4 Å². The quantitative estimate of drug-likeness (QED) is 0.736. The molecule has 0 saturated carbocycles. The second kappa shape index (κ2) is 3.90. The van der Waals surface area contributed by atoms with Crippen molar-refractivity contribution in [3.63, 3.8) is 0 Å². The third-order valence-corrected chi connectivity index (χ3v) is 2.63. The molecule has 6 heteroatoms. The van der Waals surface area contributed by atoms with Crippen LogP contribution in [0.4, 0.5) is 5.69 Å². The van der Waals surface area contributed by atoms with Crippen LogP contribution < -0.4 is 5.73 Å². The zero-order valence-electron chi connectivity index (χ0n) is 8.10. The Bertz CT molecular complexity index is 493. The number of sulfone groups is 1. The van der Waals surface area contributed by atoms with Gasteiger partial charge in [-0.3, -0.25) is 0 Å². The third kappa shape index (κ3) is 3.25. The Morgan fingerprint density at radius 1 is 1.47 bits per heavy atom. The molecule has 0 aromatic heterocycles. The Morgan fingerprint density at radius 3 is 2.53 bits per heavy atom. The number of nitrogen functional groups attached to an aromatic ring is 1. The standard InChI is InChI=1S/C9H11NO4S/c1-15(13,14)5-6-2-3-8(10)7(4-6)9(11)12/h2-4H,5,10H2,1H3,(H,11,12). The second-order valence-corrected chi connectivity index (χ2v) is 5.44. The molecule has 3 N–H and O–H groups in total. The van der Waals surface area contributed by atoms with Crippen molar-refractivity contribution in [2.75, 3.05) is 12.0 Å². The van der Waals surface area contributed by atoms with Crippen LogP contribution in [-0.4, -0.2) is 25.7 Å². The molecule has 1 aromatic rings. The summed E-state index contributed by atoms with van der Waals surface area (Å²) in [6, 6.07) is 4.17. The molecule has 15 heavy (non-hydrogen) atoms. The predicted molar refractivity (Wildman–Crippen MR) is 56.4 cm³/mol. The van der Waals surface area contributed by atoms with Crippen molar-refractivity contribution in [3.05, 3.63) is 29.3 Å². The van der Waals surface area contributed by atoms with Crippen LogP contribution in [-0.2, 0) is 15.6 Å². The SMILES string of the molecule is CS(=O)(=O)Cc1ccc(N)c(C(=O)O)c1. The van der Waals surface area contributed by atoms with Crippen LogP contribution >= 0.6 is 0 Å². The van der Waals surface area contributed by atoms with Gasteiger partial charge in [0.05, 0.1) is 11.3 Å². The Morgan fingerprint density at radius 2 is 2.07 bits per heavy atom. The van der Waals surface area contributed by atoms with Gasteiger partial charge in [0.1, 0.15) is 0 Å². The first-order chi connectivity index (χ1) is 6.79. The van der Waals surface area contributed by atoms with E-state index in [9.17, 15) is 13.2 Å². The molecule has 82 valence electrons. The highest BCUT2D eigenvalue weighted by Gasteiger charge is 2.11. The molecule has 0 aliphatic carbocycles. The number of carboxylic acid groups (broad SMARTS) is 1. The molecular weight excluding hydrogens is 218 g/mol. The Balaban J connectivity index is 3.14. The van der Waals surface area contributed by atoms with Gasteiger partial charge in [-0.05, 0) is 17.7 Å². The van der Waals surface area contributed by atoms with Gasteiger partial charge in [0.15, 0.2) is 9.84 Å². The fourth-order valence-electron chi connectivity index (χ4n) is 1.18. The van der Waals surface area contributed by atoms with Crippen molar-refractivity contribution < 1.29 is 18.3 Å². The molecule has 1 aromatic carbocycles. The maximum absolute atomic E-state index is 11.0. The highest BCUT2D eigenvalue weighted by Crippen LogP contribution is 2.15. The summed E-state index contributed by atoms with van der Waals surface area (Å²) < 4.78 is 22.0. The number of hydrogen-bond acceptors (Lipinski definition) is 4. The number of anilines is 1. The van der Waals surface area contributed by atoms with E-state index in [1.165, 1.54) is 18.2 Å². The normalized spacial score (nSPS) is 11.3. The molecule has 5 nitrogen and oxygen atoms in total. The van der Waals surface area contributed by atoms with Crippen molar-refractivity contribution in [2.24, 2.45) is 0 Å². The Kier molecular flexibility index (Phi) is 2.99. The summed E-state index contributed by atoms with van der Waals surface area (Å²) in [6.45, 7) is 0. The second-order valence-electron chi connectivity index (χ2n) is 3.30. The van der Waals surface area contributed by atoms with Crippen molar-refractivity contribution in [1.29, 1.82) is 0 Å². The predicted octanol–water partition coefficient (Wildman–Crippen LogP) is 0.512. The first kappa shape index (κ1) is 11.5. The molecular formula is C9H11NO4S. The molecule has 0 unspecified atom stereocenters. The van der Waals surface area contributed by atoms with Crippen molar-refractivity contribution in [3.8, 4) is 0 Å². The summed E-state index contributed by atoms with van der Waals surface area (Å²) in [6.07, 6.45) is 1.09. The van der Waals surface area contributed by atoms with E-state index in [2.05, 4.69) is 0 Å². The number of hydrogen-bond donors (Lipinski definition) is 2. The number of nitrogens with two attached hydrogens (primary N) is 1. The number of aromatic carboxylic acids is 1. The maximum Gasteiger partial charge on any atom is 0.337 e. The zero-order valence-corrected chi connectivity index (χ0v) is 8.91. The molecule has 0 fully saturated rings. The molecule has 0 bridgehead atoms. The summed E-state index contributed by atoms with van der Waals surface area (Å²) in [5, 5.41) is 8.76. The average Bonchev–Trinajstić information content (AvgIpc) is 2.05. The lowest BCUT2D eigenvalue weighted by molar-refractivity contribution is 0.0698. The number of carboxylic acids is 1. The molecule has 0 amide bonds. The fraction of sp³-hybridized carbons (Fsp3) is 0.222. The summed E-state index contributed by atoms with van der Waals surface area (Å²) >= 11 is 0. The van der Waals surface area contributed by atoms with E-state index in [-0.39, 0.29) is 17.0 Å². The van der Waals surface area contributed by atoms with Gasteiger partial charge in [0.2, 0.25) is 0 Å². The lowest BCUT2D eigenvalue weighted by atomic mass is 10.1. The monoisotopic (exact) mass is 229 g/mol. The molecule has 0 aliphatic rings. The molecule has 0 heterocycles. The first-order valence-electron chi connectivity index (χ1n) is 4.09. The van der Waals surface area contributed by atoms with E-state index < -0.39 is 15.8 Å². The minimum atomic E-state index is -3.17. The smallest absolute Gasteiger partial charge is 0.337 e. The van der Waals surface area contributed by atoms with Crippen molar-refractivity contribution >= 4 is 21.5 Å². The zero-order chi connectivity index (χ0) is 11.6. The summed E-state index contributed by atoms with van der Waals surface area (Å²) in [5.74, 6) is -1.35. The van der Waals surface area contributed by atoms with E-state index in [4.69, 9.17) is 10.8 Å². The minimum absolute atomic E-state index is 0.0730. The molecule has 0 radical (unpaired) electrons. The molecule has 0 saturated heterocycles. The molecule has 0 spiro atoms. The molecule has 0 atom stereocenters. The highest BCUT2D eigenvalue weighted by atomic mass is 32.2. The van der Waals surface area contributed by atoms with Gasteiger partial charge in [-0.2, -0.15) is 0 Å². The van der Waals surface area contributed by atoms with Crippen molar-refractivity contribution in [2.45, 2.75) is 5.75 Å².